The lowest BCUT2D eigenvalue weighted by Crippen LogP contribution is -2.30. The maximum atomic E-state index is 11.8. The first-order valence-electron chi connectivity index (χ1n) is 2.73. The minimum absolute atomic E-state index is 0.726. The van der Waals surface area contributed by atoms with Gasteiger partial charge < -0.3 is 4.74 Å². The molecule has 0 amide bonds. The normalized spacial score (nSPS) is 24.4. The van der Waals surface area contributed by atoms with E-state index in [4.69, 9.17) is 5.73 Å². The summed E-state index contributed by atoms with van der Waals surface area (Å²) in [4.78, 5) is 3.01. The van der Waals surface area contributed by atoms with Gasteiger partial charge in [-0.3, -0.25) is 5.73 Å². The lowest BCUT2D eigenvalue weighted by atomic mass is 10.3. The van der Waals surface area contributed by atoms with Gasteiger partial charge in [-0.2, -0.15) is 13.2 Å². The van der Waals surface area contributed by atoms with Crippen LogP contribution >= 0.6 is 0 Å². The van der Waals surface area contributed by atoms with Crippen LogP contribution in [0, 0.1) is 0 Å². The number of nitrogens with two attached hydrogens (primary N) is 1. The summed E-state index contributed by atoms with van der Waals surface area (Å²) in [5.74, 6) is 0. The average Bonchev–Trinajstić information content (AvgIpc) is 1.86. The summed E-state index contributed by atoms with van der Waals surface area (Å²) in [6.45, 7) is 0. The second-order valence-corrected chi connectivity index (χ2v) is 1.84. The number of halogens is 3. The molecule has 0 saturated carbocycles. The number of ether oxygens (including phenoxy) is 1. The van der Waals surface area contributed by atoms with E-state index < -0.39 is 18.2 Å². The molecule has 1 heterocycles. The molecule has 0 aromatic rings. The smallest absolute Gasteiger partial charge is 0.433 e. The van der Waals surface area contributed by atoms with Crippen LogP contribution in [0.15, 0.2) is 17.3 Å². The molecule has 0 aromatic heterocycles. The number of hydrogen-bond acceptors (Lipinski definition) is 3. The Labute approximate surface area is 60.3 Å². The second kappa shape index (κ2) is 2.54. The second-order valence-electron chi connectivity index (χ2n) is 1.84. The van der Waals surface area contributed by atoms with E-state index in [9.17, 15) is 13.2 Å². The Kier molecular flexibility index (Phi) is 1.86. The number of rotatable bonds is 0. The summed E-state index contributed by atoms with van der Waals surface area (Å²) in [6.07, 6.45) is -4.08. The molecule has 1 unspecified atom stereocenters. The average molecular weight is 166 g/mol. The van der Waals surface area contributed by atoms with Crippen molar-refractivity contribution in [2.75, 3.05) is 0 Å². The van der Waals surface area contributed by atoms with Gasteiger partial charge in [0.1, 0.15) is 5.71 Å². The van der Waals surface area contributed by atoms with Crippen molar-refractivity contribution in [3.05, 3.63) is 12.3 Å². The summed E-state index contributed by atoms with van der Waals surface area (Å²) < 4.78 is 39.9. The van der Waals surface area contributed by atoms with Gasteiger partial charge in [0.05, 0.1) is 6.26 Å². The fourth-order valence-electron chi connectivity index (χ4n) is 0.562. The topological polar surface area (TPSA) is 47.6 Å². The van der Waals surface area contributed by atoms with E-state index >= 15 is 0 Å². The highest BCUT2D eigenvalue weighted by molar-refractivity contribution is 5.99. The highest BCUT2D eigenvalue weighted by Gasteiger charge is 2.35. The first-order valence-corrected chi connectivity index (χ1v) is 2.73. The number of hydrogen-bond donors (Lipinski definition) is 1. The number of nitrogens with zero attached hydrogens (tertiary/aromatic N) is 1. The van der Waals surface area contributed by atoms with Crippen molar-refractivity contribution in [1.29, 1.82) is 0 Å². The predicted molar refractivity (Wildman–Crippen MR) is 31.7 cm³/mol. The lowest BCUT2D eigenvalue weighted by molar-refractivity contribution is -0.0597. The molecule has 2 N–H and O–H groups in total. The van der Waals surface area contributed by atoms with Gasteiger partial charge in [-0.05, 0) is 0 Å². The van der Waals surface area contributed by atoms with E-state index in [1.807, 2.05) is 0 Å². The molecule has 1 atom stereocenters. The molecule has 0 aliphatic carbocycles. The van der Waals surface area contributed by atoms with Gasteiger partial charge in [0.15, 0.2) is 0 Å². The van der Waals surface area contributed by atoms with Gasteiger partial charge in [0.25, 0.3) is 0 Å². The monoisotopic (exact) mass is 166 g/mol. The van der Waals surface area contributed by atoms with Crippen LogP contribution in [0.1, 0.15) is 0 Å². The van der Waals surface area contributed by atoms with Crippen molar-refractivity contribution in [1.82, 2.24) is 0 Å². The van der Waals surface area contributed by atoms with Crippen LogP contribution in [0.2, 0.25) is 0 Å². The zero-order valence-electron chi connectivity index (χ0n) is 5.30. The Hall–Kier alpha value is -1.04. The van der Waals surface area contributed by atoms with Gasteiger partial charge in [0.2, 0.25) is 6.35 Å². The van der Waals surface area contributed by atoms with Gasteiger partial charge in [-0.25, -0.2) is 4.99 Å². The van der Waals surface area contributed by atoms with E-state index in [0.717, 1.165) is 12.3 Å². The molecule has 62 valence electrons. The van der Waals surface area contributed by atoms with E-state index in [1.165, 1.54) is 0 Å². The Morgan fingerprint density at radius 2 is 2.18 bits per heavy atom. The van der Waals surface area contributed by atoms with Crippen LogP contribution in [0.25, 0.3) is 0 Å². The molecule has 0 spiro atoms. The molecule has 0 saturated heterocycles. The predicted octanol–water partition coefficient (Wildman–Crippen LogP) is 0.776. The first kappa shape index (κ1) is 8.06. The molecule has 3 nitrogen and oxygen atoms in total. The Morgan fingerprint density at radius 1 is 1.55 bits per heavy atom. The highest BCUT2D eigenvalue weighted by atomic mass is 19.4. The van der Waals surface area contributed by atoms with Crippen LogP contribution < -0.4 is 5.73 Å². The molecule has 11 heavy (non-hydrogen) atoms. The molecule has 0 bridgehead atoms. The van der Waals surface area contributed by atoms with Crippen LogP contribution in [-0.4, -0.2) is 18.2 Å². The molecule has 1 aliphatic rings. The third kappa shape index (κ3) is 1.94. The van der Waals surface area contributed by atoms with Crippen LogP contribution in [-0.2, 0) is 4.74 Å². The van der Waals surface area contributed by atoms with Crippen LogP contribution in [0.3, 0.4) is 0 Å². The Bertz CT molecular complexity index is 208. The minimum atomic E-state index is -4.45. The van der Waals surface area contributed by atoms with E-state index in [0.29, 0.717) is 0 Å². The van der Waals surface area contributed by atoms with Gasteiger partial charge in [0, 0.05) is 6.08 Å². The Balaban J connectivity index is 2.80. The van der Waals surface area contributed by atoms with Crippen molar-refractivity contribution in [2.24, 2.45) is 10.7 Å². The fraction of sp³-hybridized carbons (Fsp3) is 0.400. The van der Waals surface area contributed by atoms with Crippen LogP contribution in [0.4, 0.5) is 13.2 Å². The van der Waals surface area contributed by atoms with Crippen molar-refractivity contribution in [3.8, 4) is 0 Å². The minimum Gasteiger partial charge on any atom is -0.463 e. The van der Waals surface area contributed by atoms with Crippen molar-refractivity contribution < 1.29 is 17.9 Å². The lowest BCUT2D eigenvalue weighted by Gasteiger charge is -2.14. The summed E-state index contributed by atoms with van der Waals surface area (Å²) in [5, 5.41) is 0. The largest absolute Gasteiger partial charge is 0.463 e. The number of aliphatic imine (C=N–C) groups is 1. The van der Waals surface area contributed by atoms with Crippen molar-refractivity contribution >= 4 is 5.71 Å². The first-order chi connectivity index (χ1) is 5.00. The molecule has 1 aliphatic heterocycles. The van der Waals surface area contributed by atoms with E-state index in [1.54, 1.807) is 0 Å². The summed E-state index contributed by atoms with van der Waals surface area (Å²) in [6, 6.07) is 0. The maximum Gasteiger partial charge on any atom is 0.433 e. The molecule has 0 fully saturated rings. The number of alkyl halides is 3. The van der Waals surface area contributed by atoms with Crippen LogP contribution in [0.5, 0.6) is 0 Å². The highest BCUT2D eigenvalue weighted by Crippen LogP contribution is 2.20. The van der Waals surface area contributed by atoms with Gasteiger partial charge in [-0.1, -0.05) is 0 Å². The molecule has 0 radical (unpaired) electrons. The quantitative estimate of drug-likeness (QED) is 0.577. The zero-order chi connectivity index (χ0) is 8.48. The third-order valence-electron chi connectivity index (χ3n) is 1.00. The number of allylic oxidation sites excluding steroid dienone is 1. The maximum absolute atomic E-state index is 11.8. The standard InChI is InChI=1S/C5H5F3N2O/c6-5(7,8)3-1-2-11-4(9)10-3/h1-2,4H,9H2. The summed E-state index contributed by atoms with van der Waals surface area (Å²) in [7, 11) is 0. The molecular formula is C5H5F3N2O. The van der Waals surface area contributed by atoms with Gasteiger partial charge >= 0.3 is 6.18 Å². The van der Waals surface area contributed by atoms with Gasteiger partial charge in [-0.15, -0.1) is 0 Å². The molecule has 6 heteroatoms. The van der Waals surface area contributed by atoms with Crippen molar-refractivity contribution in [3.63, 3.8) is 0 Å². The molecular weight excluding hydrogens is 161 g/mol. The summed E-state index contributed by atoms with van der Waals surface area (Å²) >= 11 is 0. The SMILES string of the molecule is NC1N=C(C(F)(F)F)C=CO1. The fourth-order valence-corrected chi connectivity index (χ4v) is 0.562. The third-order valence-corrected chi connectivity index (χ3v) is 1.00. The van der Waals surface area contributed by atoms with E-state index in [-0.39, 0.29) is 0 Å². The Morgan fingerprint density at radius 3 is 2.55 bits per heavy atom. The zero-order valence-corrected chi connectivity index (χ0v) is 5.30. The molecule has 1 rings (SSSR count). The van der Waals surface area contributed by atoms with Crippen molar-refractivity contribution in [2.45, 2.75) is 12.5 Å². The summed E-state index contributed by atoms with van der Waals surface area (Å²) in [5.41, 5.74) is 3.94. The molecule has 0 aromatic carbocycles. The van der Waals surface area contributed by atoms with E-state index in [2.05, 4.69) is 9.73 Å².